The average molecular weight is 415 g/mol. The zero-order chi connectivity index (χ0) is 21.8. The number of hydrogen-bond acceptors (Lipinski definition) is 5. The number of aryl methyl sites for hydroxylation is 1. The number of nitro benzene ring substituents is 1. The van der Waals surface area contributed by atoms with Crippen LogP contribution >= 0.6 is 0 Å². The van der Waals surface area contributed by atoms with Gasteiger partial charge >= 0.3 is 5.69 Å². The van der Waals surface area contributed by atoms with Gasteiger partial charge in [0.2, 0.25) is 0 Å². The molecule has 0 aliphatic heterocycles. The first-order chi connectivity index (χ1) is 15.0. The molecule has 0 atom stereocenters. The Labute approximate surface area is 179 Å². The van der Waals surface area contributed by atoms with Crippen molar-refractivity contribution in [2.75, 3.05) is 7.11 Å². The Morgan fingerprint density at radius 1 is 1.10 bits per heavy atom. The summed E-state index contributed by atoms with van der Waals surface area (Å²) in [5, 5.41) is 11.4. The Kier molecular flexibility index (Phi) is 5.66. The molecular weight excluding hydrogens is 394 g/mol. The topological polar surface area (TPSA) is 78.9 Å². The van der Waals surface area contributed by atoms with Crippen LogP contribution in [0.4, 0.5) is 5.69 Å². The van der Waals surface area contributed by atoms with Gasteiger partial charge in [0.15, 0.2) is 5.75 Å². The van der Waals surface area contributed by atoms with Crippen LogP contribution < -0.4 is 9.47 Å². The molecule has 0 aliphatic carbocycles. The lowest BCUT2D eigenvalue weighted by molar-refractivity contribution is -0.385. The summed E-state index contributed by atoms with van der Waals surface area (Å²) >= 11 is 0. The highest BCUT2D eigenvalue weighted by molar-refractivity contribution is 5.72. The van der Waals surface area contributed by atoms with E-state index in [4.69, 9.17) is 9.47 Å². The van der Waals surface area contributed by atoms with E-state index < -0.39 is 4.92 Å². The van der Waals surface area contributed by atoms with Crippen LogP contribution in [0.5, 0.6) is 11.5 Å². The Bertz CT molecular complexity index is 1260. The molecule has 0 N–H and O–H groups in total. The number of methoxy groups -OCH3 is 1. The molecule has 0 amide bonds. The van der Waals surface area contributed by atoms with E-state index in [2.05, 4.69) is 4.98 Å². The molecule has 0 fully saturated rings. The minimum absolute atomic E-state index is 0.0657. The minimum Gasteiger partial charge on any atom is -0.497 e. The molecule has 0 aliphatic rings. The van der Waals surface area contributed by atoms with Gasteiger partial charge in [0.1, 0.15) is 18.0 Å². The van der Waals surface area contributed by atoms with Crippen LogP contribution in [0.15, 0.2) is 66.9 Å². The summed E-state index contributed by atoms with van der Waals surface area (Å²) in [6.45, 7) is 2.23. The van der Waals surface area contributed by atoms with E-state index in [0.29, 0.717) is 0 Å². The molecule has 2 aromatic heterocycles. The van der Waals surface area contributed by atoms with E-state index in [1.54, 1.807) is 19.2 Å². The zero-order valence-corrected chi connectivity index (χ0v) is 17.2. The Balaban J connectivity index is 1.61. The summed E-state index contributed by atoms with van der Waals surface area (Å²) in [5.74, 6) is 0.969. The number of nitro groups is 1. The number of hydrogen-bond donors (Lipinski definition) is 0. The summed E-state index contributed by atoms with van der Waals surface area (Å²) < 4.78 is 13.0. The maximum Gasteiger partial charge on any atom is 0.310 e. The molecule has 0 spiro atoms. The summed E-state index contributed by atoms with van der Waals surface area (Å²) in [5.41, 5.74) is 4.22. The zero-order valence-electron chi connectivity index (χ0n) is 17.2. The van der Waals surface area contributed by atoms with Gasteiger partial charge < -0.3 is 13.9 Å². The van der Waals surface area contributed by atoms with Gasteiger partial charge in [-0.15, -0.1) is 0 Å². The van der Waals surface area contributed by atoms with Gasteiger partial charge in [-0.3, -0.25) is 10.1 Å². The van der Waals surface area contributed by atoms with Crippen LogP contribution in [-0.2, 0) is 6.61 Å². The van der Waals surface area contributed by atoms with Crippen LogP contribution in [-0.4, -0.2) is 21.4 Å². The Morgan fingerprint density at radius 3 is 2.65 bits per heavy atom. The van der Waals surface area contributed by atoms with Crippen molar-refractivity contribution in [3.63, 3.8) is 0 Å². The summed E-state index contributed by atoms with van der Waals surface area (Å²) in [4.78, 5) is 15.6. The molecule has 2 aromatic carbocycles. The van der Waals surface area contributed by atoms with E-state index in [-0.39, 0.29) is 18.0 Å². The monoisotopic (exact) mass is 415 g/mol. The first-order valence-corrected chi connectivity index (χ1v) is 9.71. The normalized spacial score (nSPS) is 11.2. The van der Waals surface area contributed by atoms with E-state index in [0.717, 1.165) is 33.9 Å². The predicted molar refractivity (Wildman–Crippen MR) is 119 cm³/mol. The van der Waals surface area contributed by atoms with Gasteiger partial charge in [0, 0.05) is 24.0 Å². The van der Waals surface area contributed by atoms with E-state index in [1.165, 1.54) is 6.07 Å². The fraction of sp³-hybridized carbons (Fsp3) is 0.125. The molecular formula is C24H21N3O4. The quantitative estimate of drug-likeness (QED) is 0.302. The lowest BCUT2D eigenvalue weighted by Gasteiger charge is -2.08. The summed E-state index contributed by atoms with van der Waals surface area (Å²) in [6, 6.07) is 18.1. The summed E-state index contributed by atoms with van der Waals surface area (Å²) in [6.07, 6.45) is 5.66. The van der Waals surface area contributed by atoms with Crippen LogP contribution in [0.2, 0.25) is 0 Å². The van der Waals surface area contributed by atoms with E-state index in [1.807, 2.05) is 72.1 Å². The fourth-order valence-corrected chi connectivity index (χ4v) is 3.26. The average Bonchev–Trinajstić information content (AvgIpc) is 3.11. The van der Waals surface area contributed by atoms with Crippen molar-refractivity contribution in [2.24, 2.45) is 0 Å². The molecule has 31 heavy (non-hydrogen) atoms. The lowest BCUT2D eigenvalue weighted by atomic mass is 10.1. The Morgan fingerprint density at radius 2 is 1.90 bits per heavy atom. The van der Waals surface area contributed by atoms with Gasteiger partial charge in [0.25, 0.3) is 0 Å². The minimum atomic E-state index is -0.437. The molecule has 0 saturated carbocycles. The third-order valence-electron chi connectivity index (χ3n) is 4.96. The third kappa shape index (κ3) is 4.40. The van der Waals surface area contributed by atoms with Crippen LogP contribution in [0.25, 0.3) is 17.8 Å². The smallest absolute Gasteiger partial charge is 0.310 e. The second kappa shape index (κ2) is 8.71. The summed E-state index contributed by atoms with van der Waals surface area (Å²) in [7, 11) is 1.62. The molecule has 7 nitrogen and oxygen atoms in total. The molecule has 4 aromatic rings. The van der Waals surface area contributed by atoms with Crippen molar-refractivity contribution in [3.8, 4) is 11.5 Å². The van der Waals surface area contributed by atoms with Crippen LogP contribution in [0.1, 0.15) is 22.5 Å². The third-order valence-corrected chi connectivity index (χ3v) is 4.96. The molecule has 0 unspecified atom stereocenters. The van der Waals surface area contributed by atoms with Crippen molar-refractivity contribution in [1.82, 2.24) is 9.38 Å². The number of benzene rings is 2. The number of pyridine rings is 1. The van der Waals surface area contributed by atoms with Crippen molar-refractivity contribution >= 4 is 23.5 Å². The molecule has 7 heteroatoms. The largest absolute Gasteiger partial charge is 0.497 e. The fourth-order valence-electron chi connectivity index (χ4n) is 3.26. The second-order valence-corrected chi connectivity index (χ2v) is 6.97. The highest BCUT2D eigenvalue weighted by Gasteiger charge is 2.15. The van der Waals surface area contributed by atoms with Gasteiger partial charge in [-0.25, -0.2) is 4.98 Å². The van der Waals surface area contributed by atoms with Crippen molar-refractivity contribution in [1.29, 1.82) is 0 Å². The predicted octanol–water partition coefficient (Wildman–Crippen LogP) is 5.31. The number of imidazole rings is 1. The number of aromatic nitrogens is 2. The van der Waals surface area contributed by atoms with Gasteiger partial charge in [0.05, 0.1) is 17.7 Å². The maximum absolute atomic E-state index is 11.4. The molecule has 0 radical (unpaired) electrons. The maximum atomic E-state index is 11.4. The standard InChI is InChI=1S/C24H21N3O4/c1-17-21(25-24-15-20(30-2)12-13-26(17)24)10-8-18-9-11-22(27(28)29)23(14-18)31-16-19-6-4-3-5-7-19/h3-15H,16H2,1-2H3/b10-8+. The number of rotatable bonds is 7. The molecule has 0 saturated heterocycles. The molecule has 156 valence electrons. The molecule has 0 bridgehead atoms. The van der Waals surface area contributed by atoms with Crippen LogP contribution in [0.3, 0.4) is 0 Å². The SMILES string of the molecule is COc1ccn2c(C)c(/C=C/c3ccc([N+](=O)[O-])c(OCc4ccccc4)c3)nc2c1. The van der Waals surface area contributed by atoms with Gasteiger partial charge in [-0.1, -0.05) is 36.4 Å². The number of nitrogens with zero attached hydrogens (tertiary/aromatic N) is 3. The molecule has 2 heterocycles. The highest BCUT2D eigenvalue weighted by Crippen LogP contribution is 2.30. The van der Waals surface area contributed by atoms with Crippen molar-refractivity contribution in [2.45, 2.75) is 13.5 Å². The highest BCUT2D eigenvalue weighted by atomic mass is 16.6. The van der Waals surface area contributed by atoms with Crippen molar-refractivity contribution in [3.05, 3.63) is 99.5 Å². The van der Waals surface area contributed by atoms with Gasteiger partial charge in [-0.05, 0) is 42.3 Å². The number of ether oxygens (including phenoxy) is 2. The first kappa shape index (κ1) is 20.2. The second-order valence-electron chi connectivity index (χ2n) is 6.97. The number of fused-ring (bicyclic) bond motifs is 1. The van der Waals surface area contributed by atoms with E-state index in [9.17, 15) is 10.1 Å². The van der Waals surface area contributed by atoms with E-state index >= 15 is 0 Å². The molecule has 4 rings (SSSR count). The lowest BCUT2D eigenvalue weighted by Crippen LogP contribution is -1.99. The Hall–Kier alpha value is -4.13. The van der Waals surface area contributed by atoms with Gasteiger partial charge in [-0.2, -0.15) is 0 Å². The van der Waals surface area contributed by atoms with Crippen molar-refractivity contribution < 1.29 is 14.4 Å². The van der Waals surface area contributed by atoms with Crippen LogP contribution in [0, 0.1) is 17.0 Å². The first-order valence-electron chi connectivity index (χ1n) is 9.71.